The lowest BCUT2D eigenvalue weighted by Gasteiger charge is -2.26. The Morgan fingerprint density at radius 3 is 2.88 bits per heavy atom. The summed E-state index contributed by atoms with van der Waals surface area (Å²) in [5, 5.41) is 3.66. The second-order valence-electron chi connectivity index (χ2n) is 7.67. The number of guanidine groups is 1. The van der Waals surface area contributed by atoms with Gasteiger partial charge in [0.15, 0.2) is 5.96 Å². The van der Waals surface area contributed by atoms with Crippen molar-refractivity contribution in [1.29, 1.82) is 0 Å². The average Bonchev–Trinajstić information content (AvgIpc) is 3.06. The standard InChI is InChI=1S/C19H26BrN3O/c1-21-17(23-9-7-18(13-23)8-10-24-14-18)22-12-19(5-6-19)15-3-2-4-16(20)11-15/h2-4,11H,5-10,12-14H2,1H3,(H,21,22). The quantitative estimate of drug-likeness (QED) is 0.634. The first-order valence-corrected chi connectivity index (χ1v) is 9.74. The van der Waals surface area contributed by atoms with Crippen molar-refractivity contribution in [3.8, 4) is 0 Å². The summed E-state index contributed by atoms with van der Waals surface area (Å²) in [5.74, 6) is 1.06. The van der Waals surface area contributed by atoms with Gasteiger partial charge < -0.3 is 15.0 Å². The normalized spacial score (nSPS) is 28.6. The second-order valence-corrected chi connectivity index (χ2v) is 8.58. The highest BCUT2D eigenvalue weighted by Crippen LogP contribution is 2.48. The highest BCUT2D eigenvalue weighted by molar-refractivity contribution is 9.10. The van der Waals surface area contributed by atoms with Gasteiger partial charge in [0, 0.05) is 48.6 Å². The molecule has 1 aromatic rings. The molecule has 0 aromatic heterocycles. The molecule has 4 nitrogen and oxygen atoms in total. The summed E-state index contributed by atoms with van der Waals surface area (Å²) in [4.78, 5) is 6.97. The minimum absolute atomic E-state index is 0.285. The van der Waals surface area contributed by atoms with Gasteiger partial charge >= 0.3 is 0 Å². The van der Waals surface area contributed by atoms with Crippen LogP contribution in [0.25, 0.3) is 0 Å². The Morgan fingerprint density at radius 1 is 1.33 bits per heavy atom. The zero-order valence-electron chi connectivity index (χ0n) is 14.4. The van der Waals surface area contributed by atoms with Crippen molar-refractivity contribution in [3.05, 3.63) is 34.3 Å². The topological polar surface area (TPSA) is 36.9 Å². The van der Waals surface area contributed by atoms with Gasteiger partial charge in [-0.25, -0.2) is 0 Å². The molecule has 2 heterocycles. The van der Waals surface area contributed by atoms with E-state index in [0.717, 1.165) is 38.8 Å². The Balaban J connectivity index is 1.40. The molecule has 2 aliphatic heterocycles. The maximum absolute atomic E-state index is 5.65. The number of aliphatic imine (C=N–C) groups is 1. The van der Waals surface area contributed by atoms with Gasteiger partial charge in [0.25, 0.3) is 0 Å². The molecule has 2 saturated heterocycles. The van der Waals surface area contributed by atoms with Crippen LogP contribution in [0, 0.1) is 5.41 Å². The predicted octanol–water partition coefficient (Wildman–Crippen LogP) is 3.17. The Morgan fingerprint density at radius 2 is 2.21 bits per heavy atom. The van der Waals surface area contributed by atoms with Crippen molar-refractivity contribution in [2.24, 2.45) is 10.4 Å². The van der Waals surface area contributed by atoms with Crippen LogP contribution in [0.15, 0.2) is 33.7 Å². The van der Waals surface area contributed by atoms with E-state index in [9.17, 15) is 0 Å². The molecule has 3 fully saturated rings. The van der Waals surface area contributed by atoms with Gasteiger partial charge in [0.05, 0.1) is 6.61 Å². The third-order valence-electron chi connectivity index (χ3n) is 6.01. The molecule has 1 saturated carbocycles. The maximum atomic E-state index is 5.65. The zero-order valence-corrected chi connectivity index (χ0v) is 15.9. The minimum Gasteiger partial charge on any atom is -0.381 e. The number of ether oxygens (including phenoxy) is 1. The number of hydrogen-bond donors (Lipinski definition) is 1. The van der Waals surface area contributed by atoms with Crippen molar-refractivity contribution in [3.63, 3.8) is 0 Å². The van der Waals surface area contributed by atoms with Crippen molar-refractivity contribution >= 4 is 21.9 Å². The monoisotopic (exact) mass is 391 g/mol. The molecule has 0 radical (unpaired) electrons. The average molecular weight is 392 g/mol. The number of nitrogens with zero attached hydrogens (tertiary/aromatic N) is 2. The second kappa shape index (κ2) is 6.34. The number of likely N-dealkylation sites (tertiary alicyclic amines) is 1. The summed E-state index contributed by atoms with van der Waals surface area (Å²) in [7, 11) is 1.90. The van der Waals surface area contributed by atoms with Crippen molar-refractivity contribution in [2.75, 3.05) is 39.9 Å². The smallest absolute Gasteiger partial charge is 0.193 e. The lowest BCUT2D eigenvalue weighted by Crippen LogP contribution is -2.44. The summed E-state index contributed by atoms with van der Waals surface area (Å²) in [6, 6.07) is 8.75. The van der Waals surface area contributed by atoms with E-state index in [2.05, 4.69) is 55.4 Å². The van der Waals surface area contributed by atoms with Crippen LogP contribution < -0.4 is 5.32 Å². The van der Waals surface area contributed by atoms with E-state index in [1.807, 2.05) is 7.05 Å². The highest BCUT2D eigenvalue weighted by Gasteiger charge is 2.45. The number of halogens is 1. The highest BCUT2D eigenvalue weighted by atomic mass is 79.9. The first-order chi connectivity index (χ1) is 11.6. The van der Waals surface area contributed by atoms with Crippen LogP contribution in [0.4, 0.5) is 0 Å². The molecule has 1 aromatic carbocycles. The van der Waals surface area contributed by atoms with E-state index >= 15 is 0 Å². The van der Waals surface area contributed by atoms with Crippen molar-refractivity contribution in [2.45, 2.75) is 31.1 Å². The largest absolute Gasteiger partial charge is 0.381 e. The molecule has 3 aliphatic rings. The third kappa shape index (κ3) is 3.08. The molecule has 130 valence electrons. The van der Waals surface area contributed by atoms with Crippen LogP contribution in [-0.2, 0) is 10.2 Å². The molecule has 0 bridgehead atoms. The number of rotatable bonds is 3. The zero-order chi connectivity index (χ0) is 16.6. The van der Waals surface area contributed by atoms with Crippen LogP contribution in [0.3, 0.4) is 0 Å². The first kappa shape index (κ1) is 16.4. The lowest BCUT2D eigenvalue weighted by atomic mass is 9.87. The number of hydrogen-bond acceptors (Lipinski definition) is 2. The van der Waals surface area contributed by atoms with Crippen LogP contribution >= 0.6 is 15.9 Å². The summed E-state index contributed by atoms with van der Waals surface area (Å²) >= 11 is 3.60. The van der Waals surface area contributed by atoms with Gasteiger partial charge in [0.2, 0.25) is 0 Å². The van der Waals surface area contributed by atoms with Crippen LogP contribution in [0.5, 0.6) is 0 Å². The lowest BCUT2D eigenvalue weighted by molar-refractivity contribution is 0.156. The Labute approximate surface area is 152 Å². The molecule has 24 heavy (non-hydrogen) atoms. The SMILES string of the molecule is CN=C(NCC1(c2cccc(Br)c2)CC1)N1CCC2(CCOC2)C1. The summed E-state index contributed by atoms with van der Waals surface area (Å²) in [6.45, 7) is 4.98. The Kier molecular flexibility index (Phi) is 4.33. The maximum Gasteiger partial charge on any atom is 0.193 e. The summed E-state index contributed by atoms with van der Waals surface area (Å²) in [6.07, 6.45) is 4.93. The molecular weight excluding hydrogens is 366 g/mol. The fourth-order valence-corrected chi connectivity index (χ4v) is 4.60. The van der Waals surface area contributed by atoms with Crippen LogP contribution in [0.2, 0.25) is 0 Å². The van der Waals surface area contributed by atoms with Crippen molar-refractivity contribution < 1.29 is 4.74 Å². The third-order valence-corrected chi connectivity index (χ3v) is 6.50. The van der Waals surface area contributed by atoms with Crippen molar-refractivity contribution in [1.82, 2.24) is 10.2 Å². The molecular formula is C19H26BrN3O. The summed E-state index contributed by atoms with van der Waals surface area (Å²) < 4.78 is 6.81. The van der Waals surface area contributed by atoms with Gasteiger partial charge in [-0.05, 0) is 43.4 Å². The van der Waals surface area contributed by atoms with Crippen LogP contribution in [0.1, 0.15) is 31.2 Å². The van der Waals surface area contributed by atoms with E-state index < -0.39 is 0 Å². The first-order valence-electron chi connectivity index (χ1n) is 8.94. The molecule has 1 spiro atoms. The number of nitrogens with one attached hydrogen (secondary N) is 1. The van der Waals surface area contributed by atoms with E-state index in [1.165, 1.54) is 35.7 Å². The van der Waals surface area contributed by atoms with Gasteiger partial charge in [-0.15, -0.1) is 0 Å². The van der Waals surface area contributed by atoms with Gasteiger partial charge in [-0.1, -0.05) is 28.1 Å². The fraction of sp³-hybridized carbons (Fsp3) is 0.632. The predicted molar refractivity (Wildman–Crippen MR) is 100 cm³/mol. The van der Waals surface area contributed by atoms with E-state index in [4.69, 9.17) is 4.74 Å². The Bertz CT molecular complexity index is 635. The molecule has 0 amide bonds. The fourth-order valence-electron chi connectivity index (χ4n) is 4.20. The van der Waals surface area contributed by atoms with Gasteiger partial charge in [-0.3, -0.25) is 4.99 Å². The van der Waals surface area contributed by atoms with E-state index in [-0.39, 0.29) is 5.41 Å². The number of benzene rings is 1. The molecule has 4 rings (SSSR count). The van der Waals surface area contributed by atoms with E-state index in [1.54, 1.807) is 0 Å². The summed E-state index contributed by atoms with van der Waals surface area (Å²) in [5.41, 5.74) is 2.09. The van der Waals surface area contributed by atoms with Crippen LogP contribution in [-0.4, -0.2) is 50.8 Å². The van der Waals surface area contributed by atoms with E-state index in [0.29, 0.717) is 5.41 Å². The minimum atomic E-state index is 0.285. The molecule has 1 unspecified atom stereocenters. The molecule has 1 aliphatic carbocycles. The van der Waals surface area contributed by atoms with Gasteiger partial charge in [-0.2, -0.15) is 0 Å². The molecule has 1 N–H and O–H groups in total. The van der Waals surface area contributed by atoms with Gasteiger partial charge in [0.1, 0.15) is 0 Å². The molecule has 1 atom stereocenters. The molecule has 5 heteroatoms. The Hall–Kier alpha value is -1.07.